The van der Waals surface area contributed by atoms with Crippen molar-refractivity contribution in [3.8, 4) is 5.75 Å². The standard InChI is InChI=1S/C20H19NO3/c1-3-9-23-18-11-16(12-19-17(18)8-10-24-19)20(22)21-13-15-7-5-4-6-14(15)2/h3-8,10-12H,1,9,13H2,2H3,(H,21,22). The molecule has 1 heterocycles. The second kappa shape index (κ2) is 7.04. The van der Waals surface area contributed by atoms with Crippen LogP contribution in [0.1, 0.15) is 21.5 Å². The quantitative estimate of drug-likeness (QED) is 0.691. The van der Waals surface area contributed by atoms with E-state index in [-0.39, 0.29) is 5.91 Å². The van der Waals surface area contributed by atoms with Crippen LogP contribution < -0.4 is 10.1 Å². The molecule has 0 aliphatic rings. The fourth-order valence-electron chi connectivity index (χ4n) is 2.52. The van der Waals surface area contributed by atoms with Gasteiger partial charge in [-0.1, -0.05) is 36.9 Å². The van der Waals surface area contributed by atoms with Gasteiger partial charge in [0, 0.05) is 12.1 Å². The molecular formula is C20H19NO3. The van der Waals surface area contributed by atoms with Crippen molar-refractivity contribution < 1.29 is 13.9 Å². The largest absolute Gasteiger partial charge is 0.489 e. The number of furan rings is 1. The highest BCUT2D eigenvalue weighted by Crippen LogP contribution is 2.28. The number of benzene rings is 2. The average Bonchev–Trinajstić information content (AvgIpc) is 3.07. The van der Waals surface area contributed by atoms with E-state index in [9.17, 15) is 4.79 Å². The van der Waals surface area contributed by atoms with Crippen molar-refractivity contribution in [1.29, 1.82) is 0 Å². The number of nitrogens with one attached hydrogen (secondary N) is 1. The Kier molecular flexibility index (Phi) is 4.66. The molecule has 0 bridgehead atoms. The molecule has 0 spiro atoms. The molecule has 3 aromatic rings. The highest BCUT2D eigenvalue weighted by molar-refractivity contribution is 5.99. The summed E-state index contributed by atoms with van der Waals surface area (Å²) in [5.74, 6) is 0.446. The third-order valence-electron chi connectivity index (χ3n) is 3.85. The van der Waals surface area contributed by atoms with Crippen LogP contribution in [0.2, 0.25) is 0 Å². The van der Waals surface area contributed by atoms with Crippen molar-refractivity contribution in [3.63, 3.8) is 0 Å². The van der Waals surface area contributed by atoms with Gasteiger partial charge in [0.25, 0.3) is 5.91 Å². The van der Waals surface area contributed by atoms with Gasteiger partial charge in [0.2, 0.25) is 0 Å². The van der Waals surface area contributed by atoms with Gasteiger partial charge >= 0.3 is 0 Å². The van der Waals surface area contributed by atoms with Crippen LogP contribution in [-0.4, -0.2) is 12.5 Å². The lowest BCUT2D eigenvalue weighted by molar-refractivity contribution is 0.0950. The summed E-state index contributed by atoms with van der Waals surface area (Å²) in [4.78, 5) is 12.5. The Morgan fingerprint density at radius 3 is 2.92 bits per heavy atom. The predicted octanol–water partition coefficient (Wildman–Crippen LogP) is 4.24. The Labute approximate surface area is 140 Å². The molecule has 3 rings (SSSR count). The van der Waals surface area contributed by atoms with Gasteiger partial charge in [-0.15, -0.1) is 0 Å². The van der Waals surface area contributed by atoms with Gasteiger partial charge in [0.05, 0.1) is 11.6 Å². The summed E-state index contributed by atoms with van der Waals surface area (Å²) < 4.78 is 11.1. The molecule has 1 N–H and O–H groups in total. The summed E-state index contributed by atoms with van der Waals surface area (Å²) in [6.45, 7) is 6.52. The molecule has 122 valence electrons. The van der Waals surface area contributed by atoms with Gasteiger partial charge in [-0.25, -0.2) is 0 Å². The molecular weight excluding hydrogens is 302 g/mol. The number of fused-ring (bicyclic) bond motifs is 1. The Bertz CT molecular complexity index is 879. The van der Waals surface area contributed by atoms with Crippen LogP contribution in [0.5, 0.6) is 5.75 Å². The predicted molar refractivity (Wildman–Crippen MR) is 94.3 cm³/mol. The molecule has 1 amide bonds. The van der Waals surface area contributed by atoms with Crippen molar-refractivity contribution in [2.24, 2.45) is 0 Å². The van der Waals surface area contributed by atoms with Crippen LogP contribution in [0.25, 0.3) is 11.0 Å². The van der Waals surface area contributed by atoms with Crippen molar-refractivity contribution in [2.75, 3.05) is 6.61 Å². The zero-order valence-corrected chi connectivity index (χ0v) is 13.5. The van der Waals surface area contributed by atoms with Gasteiger partial charge in [0.1, 0.15) is 17.9 Å². The summed E-state index contributed by atoms with van der Waals surface area (Å²) in [7, 11) is 0. The topological polar surface area (TPSA) is 51.5 Å². The summed E-state index contributed by atoms with van der Waals surface area (Å²) in [5, 5.41) is 3.78. The minimum absolute atomic E-state index is 0.167. The molecule has 0 saturated carbocycles. The normalized spacial score (nSPS) is 10.5. The van der Waals surface area contributed by atoms with E-state index in [4.69, 9.17) is 9.15 Å². The number of ether oxygens (including phenoxy) is 1. The van der Waals surface area contributed by atoms with Crippen molar-refractivity contribution in [2.45, 2.75) is 13.5 Å². The maximum atomic E-state index is 12.5. The first-order valence-corrected chi connectivity index (χ1v) is 7.76. The summed E-state index contributed by atoms with van der Waals surface area (Å²) in [5.41, 5.74) is 3.37. The third kappa shape index (κ3) is 3.33. The Morgan fingerprint density at radius 2 is 2.12 bits per heavy atom. The van der Waals surface area contributed by atoms with E-state index in [0.717, 1.165) is 16.5 Å². The zero-order valence-electron chi connectivity index (χ0n) is 13.5. The number of amides is 1. The number of rotatable bonds is 6. The maximum Gasteiger partial charge on any atom is 0.251 e. The molecule has 4 nitrogen and oxygen atoms in total. The minimum Gasteiger partial charge on any atom is -0.489 e. The summed E-state index contributed by atoms with van der Waals surface area (Å²) >= 11 is 0. The average molecular weight is 321 g/mol. The fraction of sp³-hybridized carbons (Fsp3) is 0.150. The first kappa shape index (κ1) is 15.9. The van der Waals surface area contributed by atoms with Crippen molar-refractivity contribution in [3.05, 3.63) is 78.1 Å². The summed E-state index contributed by atoms with van der Waals surface area (Å²) in [6.07, 6.45) is 3.25. The number of carbonyl (C=O) groups excluding carboxylic acids is 1. The van der Waals surface area contributed by atoms with Gasteiger partial charge < -0.3 is 14.5 Å². The van der Waals surface area contributed by atoms with Crippen molar-refractivity contribution in [1.82, 2.24) is 5.32 Å². The lowest BCUT2D eigenvalue weighted by atomic mass is 10.1. The number of hydrogen-bond acceptors (Lipinski definition) is 3. The van der Waals surface area contributed by atoms with Crippen LogP contribution >= 0.6 is 0 Å². The molecule has 4 heteroatoms. The molecule has 1 aromatic heterocycles. The molecule has 0 atom stereocenters. The Morgan fingerprint density at radius 1 is 1.29 bits per heavy atom. The first-order valence-electron chi connectivity index (χ1n) is 7.76. The molecule has 2 aromatic carbocycles. The smallest absolute Gasteiger partial charge is 0.251 e. The molecule has 0 saturated heterocycles. The molecule has 0 unspecified atom stereocenters. The number of hydrogen-bond donors (Lipinski definition) is 1. The fourth-order valence-corrected chi connectivity index (χ4v) is 2.52. The zero-order chi connectivity index (χ0) is 16.9. The van der Waals surface area contributed by atoms with E-state index in [1.807, 2.05) is 37.3 Å². The van der Waals surface area contributed by atoms with Gasteiger partial charge in [0.15, 0.2) is 0 Å². The second-order valence-corrected chi connectivity index (χ2v) is 5.52. The third-order valence-corrected chi connectivity index (χ3v) is 3.85. The molecule has 0 radical (unpaired) electrons. The highest BCUT2D eigenvalue weighted by Gasteiger charge is 2.13. The van der Waals surface area contributed by atoms with Gasteiger partial charge in [-0.05, 0) is 36.2 Å². The first-order chi connectivity index (χ1) is 11.7. The van der Waals surface area contributed by atoms with Gasteiger partial charge in [-0.3, -0.25) is 4.79 Å². The second-order valence-electron chi connectivity index (χ2n) is 5.52. The van der Waals surface area contributed by atoms with E-state index in [2.05, 4.69) is 11.9 Å². The van der Waals surface area contributed by atoms with Crippen LogP contribution in [0.4, 0.5) is 0 Å². The van der Waals surface area contributed by atoms with E-state index in [0.29, 0.717) is 30.0 Å². The highest BCUT2D eigenvalue weighted by atomic mass is 16.5. The van der Waals surface area contributed by atoms with E-state index < -0.39 is 0 Å². The van der Waals surface area contributed by atoms with Crippen LogP contribution in [0, 0.1) is 6.92 Å². The van der Waals surface area contributed by atoms with Crippen LogP contribution in [0.3, 0.4) is 0 Å². The van der Waals surface area contributed by atoms with Crippen LogP contribution in [0.15, 0.2) is 65.8 Å². The maximum absolute atomic E-state index is 12.5. The van der Waals surface area contributed by atoms with E-state index in [1.165, 1.54) is 0 Å². The monoisotopic (exact) mass is 321 g/mol. The Balaban J connectivity index is 1.81. The lowest BCUT2D eigenvalue weighted by Gasteiger charge is -2.10. The lowest BCUT2D eigenvalue weighted by Crippen LogP contribution is -2.23. The molecule has 0 aliphatic carbocycles. The number of carbonyl (C=O) groups is 1. The van der Waals surface area contributed by atoms with E-state index >= 15 is 0 Å². The minimum atomic E-state index is -0.167. The molecule has 24 heavy (non-hydrogen) atoms. The molecule has 0 aliphatic heterocycles. The SMILES string of the molecule is C=CCOc1cc(C(=O)NCc2ccccc2C)cc2occc12. The van der Waals surface area contributed by atoms with Crippen LogP contribution in [-0.2, 0) is 6.54 Å². The van der Waals surface area contributed by atoms with Crippen molar-refractivity contribution >= 4 is 16.9 Å². The Hall–Kier alpha value is -3.01. The van der Waals surface area contributed by atoms with Gasteiger partial charge in [-0.2, -0.15) is 0 Å². The van der Waals surface area contributed by atoms with E-state index in [1.54, 1.807) is 24.5 Å². The number of aryl methyl sites for hydroxylation is 1. The molecule has 0 fully saturated rings. The summed E-state index contributed by atoms with van der Waals surface area (Å²) in [6, 6.07) is 13.3.